The van der Waals surface area contributed by atoms with Gasteiger partial charge in [-0.1, -0.05) is 118 Å². The van der Waals surface area contributed by atoms with Crippen LogP contribution in [-0.2, 0) is 21.7 Å². The summed E-state index contributed by atoms with van der Waals surface area (Å²) in [6.45, 7) is 8.56. The Morgan fingerprint density at radius 1 is 0.902 bits per heavy atom. The number of hydrogen-bond acceptors (Lipinski definition) is 8. The predicted octanol–water partition coefficient (Wildman–Crippen LogP) is 11.5. The summed E-state index contributed by atoms with van der Waals surface area (Å²) >= 11 is 0. The van der Waals surface area contributed by atoms with Gasteiger partial charge in [0.05, 0.1) is 7.11 Å². The van der Waals surface area contributed by atoms with Gasteiger partial charge >= 0.3 is 6.18 Å². The number of benzene rings is 3. The number of nitrogens with zero attached hydrogens (tertiary/aromatic N) is 4. The Bertz CT molecular complexity index is 2320. The van der Waals surface area contributed by atoms with Crippen molar-refractivity contribution in [3.8, 4) is 24.0 Å². The Balaban J connectivity index is 1.58. The highest BCUT2D eigenvalue weighted by atomic mass is 19.4. The molecular weight excluding hydrogens is 778 g/mol. The molecule has 1 heterocycles. The molecule has 3 aromatic carbocycles. The molecule has 0 saturated heterocycles. The molecule has 0 aromatic heterocycles. The largest absolute Gasteiger partial charge is 0.496 e. The third-order valence-electron chi connectivity index (χ3n) is 10.6. The number of halogens is 3. The molecule has 3 aromatic rings. The van der Waals surface area contributed by atoms with Gasteiger partial charge in [0.25, 0.3) is 5.60 Å². The van der Waals surface area contributed by atoms with Crippen LogP contribution in [0, 0.1) is 39.4 Å². The second-order valence-corrected chi connectivity index (χ2v) is 15.7. The zero-order valence-corrected chi connectivity index (χ0v) is 35.1. The molecule has 316 valence electrons. The summed E-state index contributed by atoms with van der Waals surface area (Å²) in [5.41, 5.74) is -1.10. The van der Waals surface area contributed by atoms with Crippen molar-refractivity contribution < 1.29 is 32.5 Å². The van der Waals surface area contributed by atoms with Crippen LogP contribution in [0.25, 0.3) is 6.08 Å². The molecule has 1 unspecified atom stereocenters. The Morgan fingerprint density at radius 3 is 2.21 bits per heavy atom. The monoisotopic (exact) mass is 828 g/mol. The molecule has 0 amide bonds. The third kappa shape index (κ3) is 10.6. The van der Waals surface area contributed by atoms with Crippen molar-refractivity contribution in [2.24, 2.45) is 5.41 Å². The number of aliphatic hydroxyl groups is 1. The van der Waals surface area contributed by atoms with Crippen LogP contribution < -0.4 is 9.64 Å². The number of nitriles is 3. The van der Waals surface area contributed by atoms with Crippen LogP contribution in [-0.4, -0.2) is 38.1 Å². The molecule has 8 nitrogen and oxygen atoms in total. The Hall–Kier alpha value is -6.48. The predicted molar refractivity (Wildman–Crippen MR) is 230 cm³/mol. The highest BCUT2D eigenvalue weighted by Crippen LogP contribution is 2.56. The fourth-order valence-corrected chi connectivity index (χ4v) is 7.73. The zero-order valence-electron chi connectivity index (χ0n) is 35.1. The molecule has 5 rings (SSSR count). The number of unbranched alkanes of at least 4 members (excludes halogenated alkanes) is 2. The maximum absolute atomic E-state index is 15.4. The lowest BCUT2D eigenvalue weighted by Gasteiger charge is -2.34. The average Bonchev–Trinajstić information content (AvgIpc) is 3.59. The summed E-state index contributed by atoms with van der Waals surface area (Å²) in [5, 5.41) is 38.9. The summed E-state index contributed by atoms with van der Waals surface area (Å²) in [6.07, 6.45) is 7.98. The number of alkyl halides is 3. The number of anilines is 1. The molecule has 1 N–H and O–H groups in total. The molecule has 0 spiro atoms. The number of methoxy groups -OCH3 is 1. The second kappa shape index (κ2) is 20.7. The van der Waals surface area contributed by atoms with Gasteiger partial charge in [0, 0.05) is 48.2 Å². The van der Waals surface area contributed by atoms with Crippen molar-refractivity contribution in [1.82, 2.24) is 0 Å². The van der Waals surface area contributed by atoms with Crippen LogP contribution in [0.3, 0.4) is 0 Å². The van der Waals surface area contributed by atoms with Gasteiger partial charge in [0.15, 0.2) is 11.3 Å². The molecule has 0 bridgehead atoms. The number of hydrogen-bond donors (Lipinski definition) is 1. The molecule has 1 aliphatic carbocycles. The van der Waals surface area contributed by atoms with Crippen LogP contribution >= 0.6 is 0 Å². The maximum atomic E-state index is 15.4. The van der Waals surface area contributed by atoms with Crippen molar-refractivity contribution in [2.45, 2.75) is 77.7 Å². The molecule has 11 heteroatoms. The molecule has 2 aliphatic rings. The first-order valence-electron chi connectivity index (χ1n) is 20.4. The SMILES string of the molecule is CCCCN(CCCCO)c1ccc(/C=C/C2=C(OC)C(=C/C=C/C3=C(C#N)C(=C(C#N)C#N)OC3(c3ccccc3)C(F)(F)F)/CC(C)(C)C2)c(OCc2ccccc2)c1. The minimum atomic E-state index is -5.10. The van der Waals surface area contributed by atoms with Crippen molar-refractivity contribution in [2.75, 3.05) is 31.7 Å². The van der Waals surface area contributed by atoms with E-state index in [-0.39, 0.29) is 17.6 Å². The molecule has 0 saturated carbocycles. The van der Waals surface area contributed by atoms with Crippen molar-refractivity contribution >= 4 is 11.8 Å². The van der Waals surface area contributed by atoms with Crippen molar-refractivity contribution in [1.29, 1.82) is 15.8 Å². The van der Waals surface area contributed by atoms with E-state index in [1.807, 2.05) is 48.6 Å². The van der Waals surface area contributed by atoms with Crippen LogP contribution in [0.2, 0.25) is 0 Å². The van der Waals surface area contributed by atoms with Gasteiger partial charge < -0.3 is 24.2 Å². The van der Waals surface area contributed by atoms with E-state index >= 15 is 13.2 Å². The number of rotatable bonds is 17. The highest BCUT2D eigenvalue weighted by molar-refractivity contribution is 5.66. The smallest absolute Gasteiger partial charge is 0.437 e. The Kier molecular flexibility index (Phi) is 15.4. The Labute approximate surface area is 357 Å². The van der Waals surface area contributed by atoms with E-state index in [4.69, 9.17) is 14.2 Å². The quantitative estimate of drug-likeness (QED) is 0.105. The molecule has 1 aliphatic heterocycles. The summed E-state index contributed by atoms with van der Waals surface area (Å²) in [5.74, 6) is 0.545. The minimum absolute atomic E-state index is 0.147. The Morgan fingerprint density at radius 2 is 1.59 bits per heavy atom. The fourth-order valence-electron chi connectivity index (χ4n) is 7.73. The van der Waals surface area contributed by atoms with Crippen LogP contribution in [0.1, 0.15) is 76.0 Å². The van der Waals surface area contributed by atoms with Crippen LogP contribution in [0.4, 0.5) is 18.9 Å². The third-order valence-corrected chi connectivity index (χ3v) is 10.6. The summed E-state index contributed by atoms with van der Waals surface area (Å²) in [6, 6.07) is 27.9. The second-order valence-electron chi connectivity index (χ2n) is 15.7. The number of aliphatic hydroxyl groups excluding tert-OH is 1. The molecule has 1 atom stereocenters. The summed E-state index contributed by atoms with van der Waals surface area (Å²) in [7, 11) is 1.55. The highest BCUT2D eigenvalue weighted by Gasteiger charge is 2.65. The molecule has 0 fully saturated rings. The lowest BCUT2D eigenvalue weighted by Crippen LogP contribution is -2.43. The normalized spacial score (nSPS) is 18.2. The van der Waals surface area contributed by atoms with E-state index < -0.39 is 34.3 Å². The van der Waals surface area contributed by atoms with E-state index in [1.54, 1.807) is 37.5 Å². The van der Waals surface area contributed by atoms with E-state index in [1.165, 1.54) is 36.4 Å². The van der Waals surface area contributed by atoms with E-state index in [0.717, 1.165) is 66.7 Å². The van der Waals surface area contributed by atoms with Crippen LogP contribution in [0.5, 0.6) is 5.75 Å². The number of allylic oxidation sites excluding steroid dienone is 7. The average molecular weight is 829 g/mol. The van der Waals surface area contributed by atoms with Gasteiger partial charge in [-0.25, -0.2) is 0 Å². The molecule has 61 heavy (non-hydrogen) atoms. The maximum Gasteiger partial charge on any atom is 0.437 e. The van der Waals surface area contributed by atoms with Gasteiger partial charge in [-0.05, 0) is 66.4 Å². The van der Waals surface area contributed by atoms with Gasteiger partial charge in [-0.2, -0.15) is 29.0 Å². The van der Waals surface area contributed by atoms with E-state index in [2.05, 4.69) is 37.8 Å². The molecular formula is C50H51F3N4O4. The standard InChI is InChI=1S/C50H51F3N4O4/c1-5-6-26-57(27-13-14-28-58)42-25-24-37(45(29-42)60-35-36-16-9-7-10-17-36)22-23-39-31-48(2,3)30-38(46(39)59-4)18-15-21-44-43(34-56)47(40(32-54)33-55)61-49(44,50(51,52)53)41-19-11-8-12-20-41/h7-12,15-25,29,58H,5-6,13-14,26-28,30-31,35H2,1-4H3/b21-15+,23-22+,38-18+. The van der Waals surface area contributed by atoms with Crippen molar-refractivity contribution in [3.63, 3.8) is 0 Å². The summed E-state index contributed by atoms with van der Waals surface area (Å²) < 4.78 is 64.1. The van der Waals surface area contributed by atoms with Gasteiger partial charge in [0.1, 0.15) is 41.9 Å². The lowest BCUT2D eigenvalue weighted by molar-refractivity contribution is -0.249. The molecule has 0 radical (unpaired) electrons. The lowest BCUT2D eigenvalue weighted by atomic mass is 9.74. The van der Waals surface area contributed by atoms with Crippen LogP contribution in [0.15, 0.2) is 143 Å². The van der Waals surface area contributed by atoms with Crippen molar-refractivity contribution in [3.05, 3.63) is 159 Å². The first kappa shape index (κ1) is 45.6. The minimum Gasteiger partial charge on any atom is -0.496 e. The number of ether oxygens (including phenoxy) is 3. The zero-order chi connectivity index (χ0) is 44.0. The first-order chi connectivity index (χ1) is 29.4. The van der Waals surface area contributed by atoms with E-state index in [9.17, 15) is 20.9 Å². The van der Waals surface area contributed by atoms with E-state index in [0.29, 0.717) is 31.0 Å². The topological polar surface area (TPSA) is 123 Å². The van der Waals surface area contributed by atoms with Gasteiger partial charge in [0.2, 0.25) is 0 Å². The van der Waals surface area contributed by atoms with Gasteiger partial charge in [-0.3, -0.25) is 0 Å². The van der Waals surface area contributed by atoms with Gasteiger partial charge in [-0.15, -0.1) is 0 Å². The summed E-state index contributed by atoms with van der Waals surface area (Å²) in [4.78, 5) is 2.33. The first-order valence-corrected chi connectivity index (χ1v) is 20.4. The fraction of sp³-hybridized carbons (Fsp3) is 0.340.